The first-order valence-corrected chi connectivity index (χ1v) is 12.4. The highest BCUT2D eigenvalue weighted by molar-refractivity contribution is 7.85. The number of alkyl halides is 3. The number of hydroxylamine groups is 1. The number of halogens is 3. The Kier molecular flexibility index (Phi) is 7.89. The van der Waals surface area contributed by atoms with Crippen molar-refractivity contribution in [2.24, 2.45) is 10.7 Å². The van der Waals surface area contributed by atoms with E-state index in [9.17, 15) is 31.2 Å². The number of aliphatic imine (C=N–C) groups is 1. The van der Waals surface area contributed by atoms with Crippen LogP contribution in [0.5, 0.6) is 0 Å². The van der Waals surface area contributed by atoms with Gasteiger partial charge >= 0.3 is 6.18 Å². The van der Waals surface area contributed by atoms with E-state index in [0.717, 1.165) is 17.7 Å². The van der Waals surface area contributed by atoms with Gasteiger partial charge in [-0.25, -0.2) is 5.48 Å². The van der Waals surface area contributed by atoms with E-state index in [1.165, 1.54) is 4.90 Å². The van der Waals surface area contributed by atoms with Gasteiger partial charge in [-0.2, -0.15) is 26.6 Å². The van der Waals surface area contributed by atoms with E-state index in [1.54, 1.807) is 28.6 Å². The standard InChI is InChI=1S/C22H24F3N5O5S/c1-14-4-3-5-16(12-14)20(32)30-10-8-29(9-11-30)18-7-6-15(13-17(18)22(23,24)25)19(31)27-21(26)28-35-36(2,33)34/h3-7,12-13H,8-11H2,1-2H3,(H3,26,27,28,31). The summed E-state index contributed by atoms with van der Waals surface area (Å²) in [5.41, 5.74) is 6.89. The number of piperazine rings is 1. The third kappa shape index (κ3) is 6.95. The van der Waals surface area contributed by atoms with E-state index in [4.69, 9.17) is 5.73 Å². The Hall–Kier alpha value is -3.65. The highest BCUT2D eigenvalue weighted by atomic mass is 32.2. The molecule has 1 heterocycles. The molecule has 1 aliphatic rings. The number of guanidine groups is 1. The summed E-state index contributed by atoms with van der Waals surface area (Å²) in [6.07, 6.45) is -4.07. The molecule has 2 aromatic carbocycles. The normalized spacial score (nSPS) is 15.1. The minimum absolute atomic E-state index is 0.141. The predicted octanol–water partition coefficient (Wildman–Crippen LogP) is 1.91. The van der Waals surface area contributed by atoms with Crippen molar-refractivity contribution >= 4 is 33.6 Å². The monoisotopic (exact) mass is 527 g/mol. The lowest BCUT2D eigenvalue weighted by molar-refractivity contribution is -0.137. The Morgan fingerprint density at radius 2 is 1.72 bits per heavy atom. The number of nitrogens with two attached hydrogens (primary N) is 1. The van der Waals surface area contributed by atoms with Crippen LogP contribution >= 0.6 is 0 Å². The van der Waals surface area contributed by atoms with Crippen molar-refractivity contribution < 1.29 is 35.5 Å². The summed E-state index contributed by atoms with van der Waals surface area (Å²) in [7, 11) is -3.95. The van der Waals surface area contributed by atoms with E-state index in [-0.39, 0.29) is 37.8 Å². The molecule has 3 rings (SSSR count). The zero-order valence-corrected chi connectivity index (χ0v) is 20.2. The second kappa shape index (κ2) is 10.5. The Labute approximate surface area is 205 Å². The fraction of sp³-hybridized carbons (Fsp3) is 0.318. The topological polar surface area (TPSA) is 134 Å². The zero-order chi connectivity index (χ0) is 26.7. The third-order valence-corrected chi connectivity index (χ3v) is 5.63. The van der Waals surface area contributed by atoms with Crippen LogP contribution in [0.2, 0.25) is 0 Å². The van der Waals surface area contributed by atoms with Crippen LogP contribution in [-0.2, 0) is 20.6 Å². The number of carbonyl (C=O) groups is 2. The molecule has 2 amide bonds. The number of nitrogens with zero attached hydrogens (tertiary/aromatic N) is 3. The molecule has 0 spiro atoms. The van der Waals surface area contributed by atoms with E-state index < -0.39 is 39.3 Å². The molecule has 3 N–H and O–H groups in total. The van der Waals surface area contributed by atoms with Gasteiger partial charge in [0.2, 0.25) is 5.96 Å². The number of rotatable bonds is 5. The van der Waals surface area contributed by atoms with Crippen molar-refractivity contribution in [2.75, 3.05) is 37.3 Å². The smallest absolute Gasteiger partial charge is 0.368 e. The molecule has 1 aliphatic heterocycles. The summed E-state index contributed by atoms with van der Waals surface area (Å²) < 4.78 is 67.6. The first-order valence-electron chi connectivity index (χ1n) is 10.6. The van der Waals surface area contributed by atoms with Gasteiger partial charge < -0.3 is 15.5 Å². The van der Waals surface area contributed by atoms with E-state index in [2.05, 4.69) is 9.28 Å². The van der Waals surface area contributed by atoms with Gasteiger partial charge in [-0.1, -0.05) is 17.7 Å². The number of hydrogen-bond acceptors (Lipinski definition) is 6. The number of hydrogen-bond donors (Lipinski definition) is 2. The molecule has 0 radical (unpaired) electrons. The van der Waals surface area contributed by atoms with Crippen LogP contribution in [-0.4, -0.2) is 63.5 Å². The van der Waals surface area contributed by atoms with Crippen LogP contribution in [0.1, 0.15) is 31.8 Å². The van der Waals surface area contributed by atoms with Crippen molar-refractivity contribution in [3.63, 3.8) is 0 Å². The molecule has 36 heavy (non-hydrogen) atoms. The first kappa shape index (κ1) is 26.9. The maximum atomic E-state index is 13.9. The van der Waals surface area contributed by atoms with Gasteiger partial charge in [-0.15, -0.1) is 4.28 Å². The number of anilines is 1. The molecule has 194 valence electrons. The zero-order valence-electron chi connectivity index (χ0n) is 19.4. The van der Waals surface area contributed by atoms with Gasteiger partial charge in [0.1, 0.15) is 0 Å². The van der Waals surface area contributed by atoms with Crippen molar-refractivity contribution in [3.8, 4) is 0 Å². The Balaban J connectivity index is 1.76. The number of aryl methyl sites for hydroxylation is 1. The van der Waals surface area contributed by atoms with E-state index in [1.807, 2.05) is 13.0 Å². The lowest BCUT2D eigenvalue weighted by Gasteiger charge is -2.37. The second-order valence-electron chi connectivity index (χ2n) is 8.07. The lowest BCUT2D eigenvalue weighted by Crippen LogP contribution is -2.49. The Bertz CT molecular complexity index is 1290. The van der Waals surface area contributed by atoms with Gasteiger partial charge in [0.05, 0.1) is 11.8 Å². The number of carbonyl (C=O) groups excluding carboxylic acids is 2. The Morgan fingerprint density at radius 3 is 2.31 bits per heavy atom. The van der Waals surface area contributed by atoms with Gasteiger partial charge in [0, 0.05) is 43.0 Å². The summed E-state index contributed by atoms with van der Waals surface area (Å²) in [5.74, 6) is -2.08. The average Bonchev–Trinajstić information content (AvgIpc) is 2.81. The summed E-state index contributed by atoms with van der Waals surface area (Å²) in [6, 6.07) is 10.0. The maximum absolute atomic E-state index is 13.9. The molecule has 1 fully saturated rings. The molecule has 0 aromatic heterocycles. The van der Waals surface area contributed by atoms with Crippen LogP contribution < -0.4 is 16.1 Å². The molecule has 0 atom stereocenters. The molecule has 0 bridgehead atoms. The fourth-order valence-electron chi connectivity index (χ4n) is 3.60. The first-order chi connectivity index (χ1) is 16.7. The lowest BCUT2D eigenvalue weighted by atomic mass is 10.1. The minimum atomic E-state index is -4.78. The fourth-order valence-corrected chi connectivity index (χ4v) is 3.83. The SMILES string of the molecule is Cc1cccc(C(=O)N2CCN(c3ccc(C(=O)N=C(N)NOS(C)(=O)=O)cc3C(F)(F)F)CC2)c1. The molecule has 0 saturated carbocycles. The summed E-state index contributed by atoms with van der Waals surface area (Å²) in [6.45, 7) is 2.62. The molecular formula is C22H24F3N5O5S. The van der Waals surface area contributed by atoms with Crippen LogP contribution in [0.4, 0.5) is 18.9 Å². The summed E-state index contributed by atoms with van der Waals surface area (Å²) in [4.78, 5) is 31.4. The van der Waals surface area contributed by atoms with E-state index in [0.29, 0.717) is 17.9 Å². The van der Waals surface area contributed by atoms with Crippen molar-refractivity contribution in [1.82, 2.24) is 10.4 Å². The molecule has 10 nitrogen and oxygen atoms in total. The molecule has 0 aliphatic carbocycles. The van der Waals surface area contributed by atoms with Gasteiger partial charge in [0.25, 0.3) is 21.9 Å². The van der Waals surface area contributed by atoms with Gasteiger partial charge in [-0.05, 0) is 37.3 Å². The molecular weight excluding hydrogens is 503 g/mol. The van der Waals surface area contributed by atoms with E-state index >= 15 is 0 Å². The van der Waals surface area contributed by atoms with Gasteiger partial charge in [-0.3, -0.25) is 9.59 Å². The quantitative estimate of drug-likeness (QED) is 0.342. The second-order valence-corrected chi connectivity index (χ2v) is 9.65. The van der Waals surface area contributed by atoms with Crippen molar-refractivity contribution in [2.45, 2.75) is 13.1 Å². The number of nitrogens with one attached hydrogen (secondary N) is 1. The van der Waals surface area contributed by atoms with Crippen LogP contribution in [0.25, 0.3) is 0 Å². The maximum Gasteiger partial charge on any atom is 0.418 e. The highest BCUT2D eigenvalue weighted by Crippen LogP contribution is 2.38. The average molecular weight is 528 g/mol. The Morgan fingerprint density at radius 1 is 1.06 bits per heavy atom. The molecule has 1 saturated heterocycles. The largest absolute Gasteiger partial charge is 0.418 e. The van der Waals surface area contributed by atoms with Crippen LogP contribution in [0.15, 0.2) is 47.5 Å². The predicted molar refractivity (Wildman–Crippen MR) is 126 cm³/mol. The summed E-state index contributed by atoms with van der Waals surface area (Å²) in [5, 5.41) is 0. The van der Waals surface area contributed by atoms with Gasteiger partial charge in [0.15, 0.2) is 0 Å². The van der Waals surface area contributed by atoms with Crippen LogP contribution in [0.3, 0.4) is 0 Å². The molecule has 2 aromatic rings. The van der Waals surface area contributed by atoms with Crippen molar-refractivity contribution in [3.05, 3.63) is 64.7 Å². The number of amides is 2. The molecule has 14 heteroatoms. The third-order valence-electron chi connectivity index (χ3n) is 5.24. The molecule has 0 unspecified atom stereocenters. The number of benzene rings is 2. The highest BCUT2D eigenvalue weighted by Gasteiger charge is 2.36. The van der Waals surface area contributed by atoms with Crippen LogP contribution in [0, 0.1) is 6.92 Å². The van der Waals surface area contributed by atoms with Crippen molar-refractivity contribution in [1.29, 1.82) is 0 Å². The minimum Gasteiger partial charge on any atom is -0.368 e. The summed E-state index contributed by atoms with van der Waals surface area (Å²) >= 11 is 0.